The van der Waals surface area contributed by atoms with E-state index in [0.29, 0.717) is 5.56 Å². The van der Waals surface area contributed by atoms with E-state index in [4.69, 9.17) is 5.73 Å². The van der Waals surface area contributed by atoms with Gasteiger partial charge in [-0.05, 0) is 17.7 Å². The molecule has 0 bridgehead atoms. The van der Waals surface area contributed by atoms with Crippen molar-refractivity contribution in [1.82, 2.24) is 20.0 Å². The topological polar surface area (TPSA) is 86.7 Å². The van der Waals surface area contributed by atoms with Gasteiger partial charge in [-0.3, -0.25) is 9.78 Å². The Labute approximate surface area is 210 Å². The summed E-state index contributed by atoms with van der Waals surface area (Å²) in [5.74, 6) is -0.780. The molecule has 1 atom stereocenters. The lowest BCUT2D eigenvalue weighted by atomic mass is 9.99. The van der Waals surface area contributed by atoms with E-state index in [2.05, 4.69) is 15.3 Å². The van der Waals surface area contributed by atoms with E-state index < -0.39 is 23.7 Å². The first-order chi connectivity index (χ1) is 17.8. The van der Waals surface area contributed by atoms with Crippen molar-refractivity contribution in [3.05, 3.63) is 115 Å². The maximum Gasteiger partial charge on any atom is 0.417 e. The number of hydrogen-bond acceptors (Lipinski definition) is 4. The zero-order valence-corrected chi connectivity index (χ0v) is 19.3. The average Bonchev–Trinajstić information content (AvgIpc) is 3.34. The second-order valence-corrected chi connectivity index (χ2v) is 8.28. The fraction of sp³-hybridized carbons (Fsp3) is 0.0714. The van der Waals surface area contributed by atoms with Crippen LogP contribution < -0.4 is 5.73 Å². The third-order valence-electron chi connectivity index (χ3n) is 5.92. The van der Waals surface area contributed by atoms with Crippen molar-refractivity contribution in [2.24, 2.45) is 5.73 Å². The summed E-state index contributed by atoms with van der Waals surface area (Å²) in [6, 6.07) is 25.6. The molecular weight excluding hydrogens is 479 g/mol. The van der Waals surface area contributed by atoms with Gasteiger partial charge in [0.05, 0.1) is 17.0 Å². The van der Waals surface area contributed by atoms with Crippen LogP contribution in [0.25, 0.3) is 33.6 Å². The van der Waals surface area contributed by atoms with Gasteiger partial charge in [-0.15, -0.1) is 5.10 Å². The van der Waals surface area contributed by atoms with Gasteiger partial charge in [0.15, 0.2) is 6.04 Å². The number of nitrogens with zero attached hydrogens (tertiary/aromatic N) is 4. The summed E-state index contributed by atoms with van der Waals surface area (Å²) >= 11 is 0. The van der Waals surface area contributed by atoms with Crippen molar-refractivity contribution in [3.8, 4) is 33.6 Å². The summed E-state index contributed by atoms with van der Waals surface area (Å²) in [5, 5.41) is 8.24. The molecule has 0 spiro atoms. The normalized spacial score (nSPS) is 12.3. The van der Waals surface area contributed by atoms with Gasteiger partial charge in [0, 0.05) is 22.9 Å². The number of benzene rings is 3. The number of pyridine rings is 1. The van der Waals surface area contributed by atoms with E-state index in [-0.39, 0.29) is 22.6 Å². The summed E-state index contributed by atoms with van der Waals surface area (Å²) < 4.78 is 42.8. The average molecular weight is 499 g/mol. The molecule has 0 aliphatic heterocycles. The predicted molar refractivity (Wildman–Crippen MR) is 133 cm³/mol. The van der Waals surface area contributed by atoms with Gasteiger partial charge in [0.25, 0.3) is 0 Å². The molecule has 2 heterocycles. The molecule has 5 rings (SSSR count). The lowest BCUT2D eigenvalue weighted by molar-refractivity contribution is -0.137. The molecule has 3 aromatic carbocycles. The SMILES string of the molecule is NC(=O)C(c1ccc(-c2ccccc2)cn1)n1nnc(-c2ccccc2C(F)(F)F)c1-c1ccccc1. The second-order valence-electron chi connectivity index (χ2n) is 8.28. The molecule has 0 aliphatic carbocycles. The van der Waals surface area contributed by atoms with Gasteiger partial charge in [0.2, 0.25) is 5.91 Å². The number of aromatic nitrogens is 4. The fourth-order valence-corrected chi connectivity index (χ4v) is 4.22. The molecule has 0 fully saturated rings. The second kappa shape index (κ2) is 9.69. The summed E-state index contributed by atoms with van der Waals surface area (Å²) in [6.45, 7) is 0. The molecule has 37 heavy (non-hydrogen) atoms. The first-order valence-corrected chi connectivity index (χ1v) is 11.3. The molecule has 9 heteroatoms. The van der Waals surface area contributed by atoms with Crippen LogP contribution >= 0.6 is 0 Å². The maximum absolute atomic E-state index is 13.9. The molecule has 5 aromatic rings. The molecule has 0 saturated carbocycles. The minimum absolute atomic E-state index is 0.0220. The van der Waals surface area contributed by atoms with Crippen molar-refractivity contribution in [1.29, 1.82) is 0 Å². The number of amides is 1. The summed E-state index contributed by atoms with van der Waals surface area (Å²) in [6.07, 6.45) is -3.01. The Morgan fingerprint density at radius 3 is 2.00 bits per heavy atom. The first-order valence-electron chi connectivity index (χ1n) is 11.3. The third-order valence-corrected chi connectivity index (χ3v) is 5.92. The van der Waals surface area contributed by atoms with Gasteiger partial charge in [-0.2, -0.15) is 13.2 Å². The molecule has 0 saturated heterocycles. The van der Waals surface area contributed by atoms with E-state index in [1.165, 1.54) is 22.9 Å². The number of halogens is 3. The number of hydrogen-bond donors (Lipinski definition) is 1. The molecule has 2 N–H and O–H groups in total. The van der Waals surface area contributed by atoms with Gasteiger partial charge >= 0.3 is 6.18 Å². The van der Waals surface area contributed by atoms with Gasteiger partial charge < -0.3 is 5.73 Å². The highest BCUT2D eigenvalue weighted by Gasteiger charge is 2.36. The first kappa shape index (κ1) is 23.9. The number of rotatable bonds is 6. The van der Waals surface area contributed by atoms with Gasteiger partial charge in [0.1, 0.15) is 5.69 Å². The largest absolute Gasteiger partial charge is 0.417 e. The Hall–Kier alpha value is -4.79. The van der Waals surface area contributed by atoms with Crippen molar-refractivity contribution >= 4 is 5.91 Å². The summed E-state index contributed by atoms with van der Waals surface area (Å²) in [4.78, 5) is 17.2. The zero-order valence-electron chi connectivity index (χ0n) is 19.3. The molecule has 184 valence electrons. The number of alkyl halides is 3. The Bertz CT molecular complexity index is 1530. The van der Waals surface area contributed by atoms with Gasteiger partial charge in [-0.25, -0.2) is 4.68 Å². The van der Waals surface area contributed by atoms with Crippen LogP contribution in [-0.2, 0) is 11.0 Å². The molecular formula is C28H20F3N5O. The summed E-state index contributed by atoms with van der Waals surface area (Å²) in [5.41, 5.74) is 7.54. The highest BCUT2D eigenvalue weighted by atomic mass is 19.4. The smallest absolute Gasteiger partial charge is 0.367 e. The maximum atomic E-state index is 13.9. The highest BCUT2D eigenvalue weighted by molar-refractivity contribution is 5.85. The van der Waals surface area contributed by atoms with Crippen LogP contribution in [0, 0.1) is 0 Å². The lowest BCUT2D eigenvalue weighted by Gasteiger charge is -2.18. The van der Waals surface area contributed by atoms with E-state index in [1.807, 2.05) is 30.3 Å². The molecule has 0 aliphatic rings. The fourth-order valence-electron chi connectivity index (χ4n) is 4.22. The van der Waals surface area contributed by atoms with Crippen LogP contribution in [0.15, 0.2) is 103 Å². The van der Waals surface area contributed by atoms with E-state index in [0.717, 1.165) is 17.2 Å². The standard InChI is InChI=1S/C28H20F3N5O/c29-28(30,31)22-14-8-7-13-21(22)24-25(19-11-5-2-6-12-19)36(35-34-24)26(27(32)37)23-16-15-20(17-33-23)18-9-3-1-4-10-18/h1-17,26H,(H2,32,37). The van der Waals surface area contributed by atoms with Crippen molar-refractivity contribution in [2.75, 3.05) is 0 Å². The molecule has 1 amide bonds. The number of nitrogens with two attached hydrogens (primary N) is 1. The lowest BCUT2D eigenvalue weighted by Crippen LogP contribution is -2.29. The van der Waals surface area contributed by atoms with Crippen LogP contribution in [0.1, 0.15) is 17.3 Å². The Morgan fingerprint density at radius 2 is 1.41 bits per heavy atom. The summed E-state index contributed by atoms with van der Waals surface area (Å²) in [7, 11) is 0. The van der Waals surface area contributed by atoms with Crippen LogP contribution in [-0.4, -0.2) is 25.9 Å². The van der Waals surface area contributed by atoms with Crippen LogP contribution in [0.4, 0.5) is 13.2 Å². The van der Waals surface area contributed by atoms with E-state index >= 15 is 0 Å². The highest BCUT2D eigenvalue weighted by Crippen LogP contribution is 2.40. The van der Waals surface area contributed by atoms with Crippen LogP contribution in [0.5, 0.6) is 0 Å². The number of primary amides is 1. The minimum atomic E-state index is -4.62. The molecule has 1 unspecified atom stereocenters. The van der Waals surface area contributed by atoms with Crippen LogP contribution in [0.3, 0.4) is 0 Å². The molecule has 6 nitrogen and oxygen atoms in total. The number of carbonyl (C=O) groups excluding carboxylic acids is 1. The predicted octanol–water partition coefficient (Wildman–Crippen LogP) is 5.77. The van der Waals surface area contributed by atoms with Crippen molar-refractivity contribution < 1.29 is 18.0 Å². The van der Waals surface area contributed by atoms with Crippen molar-refractivity contribution in [3.63, 3.8) is 0 Å². The quantitative estimate of drug-likeness (QED) is 0.322. The Balaban J connectivity index is 1.68. The monoisotopic (exact) mass is 499 g/mol. The van der Waals surface area contributed by atoms with E-state index in [1.54, 1.807) is 48.7 Å². The third kappa shape index (κ3) is 4.71. The van der Waals surface area contributed by atoms with Gasteiger partial charge in [-0.1, -0.05) is 90.1 Å². The number of carbonyl (C=O) groups is 1. The van der Waals surface area contributed by atoms with E-state index in [9.17, 15) is 18.0 Å². The Morgan fingerprint density at radius 1 is 0.784 bits per heavy atom. The minimum Gasteiger partial charge on any atom is -0.367 e. The van der Waals surface area contributed by atoms with Crippen LogP contribution in [0.2, 0.25) is 0 Å². The molecule has 2 aromatic heterocycles. The zero-order chi connectivity index (χ0) is 26.0. The van der Waals surface area contributed by atoms with Crippen molar-refractivity contribution in [2.45, 2.75) is 12.2 Å². The molecule has 0 radical (unpaired) electrons. The Kier molecular flexibility index (Phi) is 6.27.